The zero-order chi connectivity index (χ0) is 20.1. The molecule has 0 saturated carbocycles. The Morgan fingerprint density at radius 2 is 2.03 bits per heavy atom. The summed E-state index contributed by atoms with van der Waals surface area (Å²) in [5.41, 5.74) is 2.23. The molecule has 0 saturated heterocycles. The van der Waals surface area contributed by atoms with Crippen molar-refractivity contribution in [2.75, 3.05) is 12.0 Å². The average Bonchev–Trinajstić information content (AvgIpc) is 3.35. The number of carbonyl (C=O) groups excluding carboxylic acids is 1. The molecule has 2 aromatic carbocycles. The number of nitrogens with zero attached hydrogens (tertiary/aromatic N) is 2. The number of benzene rings is 2. The van der Waals surface area contributed by atoms with Crippen molar-refractivity contribution >= 4 is 33.3 Å². The SMILES string of the molecule is COc1cccc([C@H]2c3c(oc4ccc(C)cc4c3=O)C(=O)N2c2nccs2)c1. The number of aryl methyl sites for hydroxylation is 1. The topological polar surface area (TPSA) is 72.6 Å². The summed E-state index contributed by atoms with van der Waals surface area (Å²) in [6.07, 6.45) is 1.63. The van der Waals surface area contributed by atoms with E-state index in [1.807, 2.05) is 37.3 Å². The minimum atomic E-state index is -0.639. The van der Waals surface area contributed by atoms with Gasteiger partial charge in [-0.2, -0.15) is 0 Å². The van der Waals surface area contributed by atoms with Crippen molar-refractivity contribution in [1.29, 1.82) is 0 Å². The lowest BCUT2D eigenvalue weighted by Gasteiger charge is -2.22. The molecule has 29 heavy (non-hydrogen) atoms. The lowest BCUT2D eigenvalue weighted by molar-refractivity contribution is 0.0971. The number of anilines is 1. The summed E-state index contributed by atoms with van der Waals surface area (Å²) in [6, 6.07) is 12.1. The molecule has 0 N–H and O–H groups in total. The van der Waals surface area contributed by atoms with Gasteiger partial charge in [0.2, 0.25) is 5.76 Å². The van der Waals surface area contributed by atoms with E-state index >= 15 is 0 Å². The smallest absolute Gasteiger partial charge is 0.297 e. The predicted octanol–water partition coefficient (Wildman–Crippen LogP) is 4.32. The fraction of sp³-hybridized carbons (Fsp3) is 0.136. The van der Waals surface area contributed by atoms with E-state index in [0.29, 0.717) is 27.4 Å². The molecule has 5 rings (SSSR count). The highest BCUT2D eigenvalue weighted by Gasteiger charge is 2.44. The van der Waals surface area contributed by atoms with Gasteiger partial charge < -0.3 is 9.15 Å². The highest BCUT2D eigenvalue weighted by Crippen LogP contribution is 2.42. The van der Waals surface area contributed by atoms with Crippen LogP contribution < -0.4 is 15.1 Å². The van der Waals surface area contributed by atoms with Gasteiger partial charge in [-0.1, -0.05) is 23.8 Å². The molecule has 1 aliphatic heterocycles. The molecule has 2 aromatic heterocycles. The van der Waals surface area contributed by atoms with E-state index in [0.717, 1.165) is 11.1 Å². The first-order valence-corrected chi connectivity index (χ1v) is 9.91. The normalized spacial score (nSPS) is 15.7. The van der Waals surface area contributed by atoms with Gasteiger partial charge in [-0.3, -0.25) is 14.5 Å². The fourth-order valence-corrected chi connectivity index (χ4v) is 4.41. The molecule has 3 heterocycles. The van der Waals surface area contributed by atoms with E-state index in [9.17, 15) is 9.59 Å². The van der Waals surface area contributed by atoms with E-state index in [1.165, 1.54) is 16.2 Å². The number of carbonyl (C=O) groups is 1. The Labute approximate surface area is 170 Å². The molecule has 0 aliphatic carbocycles. The van der Waals surface area contributed by atoms with Crippen LogP contribution in [0.4, 0.5) is 5.13 Å². The van der Waals surface area contributed by atoms with Crippen LogP contribution in [-0.4, -0.2) is 18.0 Å². The van der Waals surface area contributed by atoms with Crippen molar-refractivity contribution in [3.8, 4) is 5.75 Å². The molecule has 7 heteroatoms. The third-order valence-electron chi connectivity index (χ3n) is 5.06. The maximum absolute atomic E-state index is 13.5. The first-order chi connectivity index (χ1) is 14.1. The van der Waals surface area contributed by atoms with E-state index < -0.39 is 6.04 Å². The lowest BCUT2D eigenvalue weighted by Crippen LogP contribution is -2.29. The number of thiazole rings is 1. The van der Waals surface area contributed by atoms with Crippen molar-refractivity contribution in [1.82, 2.24) is 4.98 Å². The Bertz CT molecular complexity index is 1310. The number of aromatic nitrogens is 1. The molecule has 1 amide bonds. The highest BCUT2D eigenvalue weighted by atomic mass is 32.1. The van der Waals surface area contributed by atoms with Crippen molar-refractivity contribution < 1.29 is 13.9 Å². The van der Waals surface area contributed by atoms with E-state index in [1.54, 1.807) is 30.8 Å². The Hall–Kier alpha value is -3.45. The van der Waals surface area contributed by atoms with Crippen LogP contribution in [0.3, 0.4) is 0 Å². The summed E-state index contributed by atoms with van der Waals surface area (Å²) in [5, 5.41) is 2.77. The number of fused-ring (bicyclic) bond motifs is 2. The Morgan fingerprint density at radius 3 is 2.79 bits per heavy atom. The van der Waals surface area contributed by atoms with Gasteiger partial charge in [0, 0.05) is 11.6 Å². The minimum Gasteiger partial charge on any atom is -0.497 e. The molecule has 144 valence electrons. The molecule has 0 unspecified atom stereocenters. The average molecular weight is 404 g/mol. The van der Waals surface area contributed by atoms with Gasteiger partial charge in [-0.15, -0.1) is 11.3 Å². The summed E-state index contributed by atoms with van der Waals surface area (Å²) in [6.45, 7) is 1.92. The highest BCUT2D eigenvalue weighted by molar-refractivity contribution is 7.13. The van der Waals surface area contributed by atoms with Crippen molar-refractivity contribution in [2.45, 2.75) is 13.0 Å². The molecular weight excluding hydrogens is 388 g/mol. The number of hydrogen-bond donors (Lipinski definition) is 0. The second-order valence-electron chi connectivity index (χ2n) is 6.84. The molecule has 0 bridgehead atoms. The van der Waals surface area contributed by atoms with Crippen molar-refractivity contribution in [2.24, 2.45) is 0 Å². The van der Waals surface area contributed by atoms with E-state index in [-0.39, 0.29) is 17.1 Å². The molecular formula is C22H16N2O4S. The first-order valence-electron chi connectivity index (χ1n) is 9.03. The van der Waals surface area contributed by atoms with Crippen LogP contribution in [-0.2, 0) is 0 Å². The predicted molar refractivity (Wildman–Crippen MR) is 111 cm³/mol. The fourth-order valence-electron chi connectivity index (χ4n) is 3.75. The van der Waals surface area contributed by atoms with Gasteiger partial charge in [-0.05, 0) is 36.8 Å². The zero-order valence-electron chi connectivity index (χ0n) is 15.7. The number of hydrogen-bond acceptors (Lipinski definition) is 6. The van der Waals surface area contributed by atoms with Crippen molar-refractivity contribution in [3.05, 3.63) is 86.7 Å². The number of ether oxygens (including phenoxy) is 1. The van der Waals surface area contributed by atoms with Gasteiger partial charge in [-0.25, -0.2) is 4.98 Å². The molecule has 6 nitrogen and oxygen atoms in total. The van der Waals surface area contributed by atoms with Gasteiger partial charge >= 0.3 is 0 Å². The number of amides is 1. The third-order valence-corrected chi connectivity index (χ3v) is 5.83. The Morgan fingerprint density at radius 1 is 1.17 bits per heavy atom. The third kappa shape index (κ3) is 2.66. The summed E-state index contributed by atoms with van der Waals surface area (Å²) in [4.78, 5) is 32.6. The van der Waals surface area contributed by atoms with Crippen LogP contribution in [0.15, 0.2) is 63.3 Å². The summed E-state index contributed by atoms with van der Waals surface area (Å²) < 4.78 is 11.3. The van der Waals surface area contributed by atoms with Crippen LogP contribution in [0.1, 0.15) is 33.3 Å². The zero-order valence-corrected chi connectivity index (χ0v) is 16.5. The molecule has 4 aromatic rings. The van der Waals surface area contributed by atoms with Crippen LogP contribution in [0.25, 0.3) is 11.0 Å². The Balaban J connectivity index is 1.83. The van der Waals surface area contributed by atoms with Gasteiger partial charge in [0.15, 0.2) is 10.6 Å². The van der Waals surface area contributed by atoms with Crippen LogP contribution in [0.2, 0.25) is 0 Å². The first kappa shape index (κ1) is 17.6. The maximum Gasteiger partial charge on any atom is 0.297 e. The summed E-state index contributed by atoms with van der Waals surface area (Å²) in [5.74, 6) is 0.334. The van der Waals surface area contributed by atoms with Crippen LogP contribution in [0, 0.1) is 6.92 Å². The monoisotopic (exact) mass is 404 g/mol. The quantitative estimate of drug-likeness (QED) is 0.509. The molecule has 0 spiro atoms. The summed E-state index contributed by atoms with van der Waals surface area (Å²) >= 11 is 1.33. The van der Waals surface area contributed by atoms with E-state index in [2.05, 4.69) is 4.98 Å². The maximum atomic E-state index is 13.5. The standard InChI is InChI=1S/C22H16N2O4S/c1-12-6-7-16-15(10-12)19(25)17-18(13-4-3-5-14(11-13)27-2)24(21(26)20(17)28-16)22-23-8-9-29-22/h3-11,18H,1-2H3/t18-/m0/s1. The molecule has 0 fully saturated rings. The van der Waals surface area contributed by atoms with Crippen LogP contribution in [0.5, 0.6) is 5.75 Å². The van der Waals surface area contributed by atoms with Crippen molar-refractivity contribution in [3.63, 3.8) is 0 Å². The molecule has 1 aliphatic rings. The summed E-state index contributed by atoms with van der Waals surface area (Å²) in [7, 11) is 1.58. The van der Waals surface area contributed by atoms with Gasteiger partial charge in [0.25, 0.3) is 5.91 Å². The largest absolute Gasteiger partial charge is 0.497 e. The second kappa shape index (κ2) is 6.56. The number of rotatable bonds is 3. The second-order valence-corrected chi connectivity index (χ2v) is 7.72. The molecule has 1 atom stereocenters. The van der Waals surface area contributed by atoms with Crippen LogP contribution >= 0.6 is 11.3 Å². The Kier molecular flexibility index (Phi) is 3.99. The van der Waals surface area contributed by atoms with Gasteiger partial charge in [0.05, 0.1) is 24.1 Å². The lowest BCUT2D eigenvalue weighted by atomic mass is 9.98. The number of methoxy groups -OCH3 is 1. The van der Waals surface area contributed by atoms with Gasteiger partial charge in [0.1, 0.15) is 11.3 Å². The molecule has 0 radical (unpaired) electrons. The van der Waals surface area contributed by atoms with E-state index in [4.69, 9.17) is 9.15 Å². The minimum absolute atomic E-state index is 0.0642.